The van der Waals surface area contributed by atoms with Gasteiger partial charge in [0.15, 0.2) is 0 Å². The molecule has 3 unspecified atom stereocenters. The summed E-state index contributed by atoms with van der Waals surface area (Å²) in [4.78, 5) is 41.4. The minimum atomic E-state index is -1.24. The summed E-state index contributed by atoms with van der Waals surface area (Å²) in [5.74, 6) is -1.89. The van der Waals surface area contributed by atoms with Crippen LogP contribution in [0.4, 0.5) is 0 Å². The van der Waals surface area contributed by atoms with Crippen molar-refractivity contribution in [2.45, 2.75) is 57.8 Å². The average molecular weight is 412 g/mol. The lowest BCUT2D eigenvalue weighted by molar-refractivity contribution is -0.179. The zero-order valence-corrected chi connectivity index (χ0v) is 17.7. The maximum Gasteiger partial charge on any atom is 0.251 e. The van der Waals surface area contributed by atoms with Crippen molar-refractivity contribution in [3.05, 3.63) is 35.9 Å². The number of likely N-dealkylation sites (tertiary alicyclic amines) is 2. The second-order valence-electron chi connectivity index (χ2n) is 8.93. The van der Waals surface area contributed by atoms with Gasteiger partial charge >= 0.3 is 0 Å². The fourth-order valence-corrected chi connectivity index (χ4v) is 4.98. The van der Waals surface area contributed by atoms with Crippen LogP contribution in [-0.4, -0.2) is 56.9 Å². The molecule has 5 atom stereocenters. The summed E-state index contributed by atoms with van der Waals surface area (Å²) in [6.07, 6.45) is -0.999. The number of rotatable bonds is 5. The molecule has 1 aromatic carbocycles. The van der Waals surface area contributed by atoms with E-state index in [4.69, 9.17) is 5.73 Å². The Labute approximate surface area is 176 Å². The van der Waals surface area contributed by atoms with Gasteiger partial charge in [0.2, 0.25) is 11.8 Å². The molecule has 30 heavy (non-hydrogen) atoms. The number of nitriles is 1. The zero-order valence-electron chi connectivity index (χ0n) is 17.7. The first kappa shape index (κ1) is 21.8. The number of nitrogens with zero attached hydrogens (tertiary/aromatic N) is 3. The summed E-state index contributed by atoms with van der Waals surface area (Å²) >= 11 is 0. The summed E-state index contributed by atoms with van der Waals surface area (Å²) in [6.45, 7) is 6.71. The predicted molar refractivity (Wildman–Crippen MR) is 108 cm³/mol. The standard InChI is InChI=1S/C22H28N4O4/c1-13(2)19(29)26-17(15-8-6-5-7-9-15)21(4,11-23)10-22(26)12-25(20(22)30)16(14(3)27)18(24)28/h5-9,13-14,16-17,27H,10,12H2,1-4H3,(H2,24,28)/t14-,16+,17?,21?,22?/m1/s1. The van der Waals surface area contributed by atoms with E-state index in [1.807, 2.05) is 30.3 Å². The molecule has 0 saturated carbocycles. The van der Waals surface area contributed by atoms with Crippen LogP contribution in [0.25, 0.3) is 0 Å². The van der Waals surface area contributed by atoms with Gasteiger partial charge in [0, 0.05) is 12.3 Å². The van der Waals surface area contributed by atoms with E-state index in [0.29, 0.717) is 0 Å². The minimum absolute atomic E-state index is 0.0450. The number of aliphatic hydroxyl groups is 1. The van der Waals surface area contributed by atoms with Crippen molar-refractivity contribution in [2.75, 3.05) is 6.54 Å². The Bertz CT molecular complexity index is 909. The molecule has 1 aromatic rings. The zero-order chi connectivity index (χ0) is 22.4. The van der Waals surface area contributed by atoms with E-state index in [2.05, 4.69) is 6.07 Å². The molecule has 2 heterocycles. The lowest BCUT2D eigenvalue weighted by Crippen LogP contribution is -2.77. The highest BCUT2D eigenvalue weighted by Gasteiger charge is 2.70. The second kappa shape index (κ2) is 7.40. The molecule has 0 aromatic heterocycles. The SMILES string of the molecule is CC(C)C(=O)N1C(c2ccccc2)C(C)(C#N)CC12CN([C@H](C(N)=O)[C@@H](C)O)C2=O. The van der Waals surface area contributed by atoms with Crippen molar-refractivity contribution in [1.29, 1.82) is 5.26 Å². The van der Waals surface area contributed by atoms with E-state index in [0.717, 1.165) is 5.56 Å². The first-order chi connectivity index (χ1) is 14.0. The lowest BCUT2D eigenvalue weighted by atomic mass is 9.74. The molecule has 3 N–H and O–H groups in total. The molecule has 1 spiro atoms. The third-order valence-corrected chi connectivity index (χ3v) is 6.26. The Morgan fingerprint density at radius 1 is 1.27 bits per heavy atom. The van der Waals surface area contributed by atoms with Gasteiger partial charge in [-0.25, -0.2) is 0 Å². The Morgan fingerprint density at radius 2 is 1.87 bits per heavy atom. The first-order valence-electron chi connectivity index (χ1n) is 10.1. The maximum absolute atomic E-state index is 13.5. The van der Waals surface area contributed by atoms with Crippen molar-refractivity contribution in [1.82, 2.24) is 9.80 Å². The third kappa shape index (κ3) is 3.05. The summed E-state index contributed by atoms with van der Waals surface area (Å²) in [7, 11) is 0. The van der Waals surface area contributed by atoms with Crippen LogP contribution in [0.1, 0.15) is 45.7 Å². The highest BCUT2D eigenvalue weighted by atomic mass is 16.3. The van der Waals surface area contributed by atoms with Crippen LogP contribution in [0.2, 0.25) is 0 Å². The number of hydrogen-bond donors (Lipinski definition) is 2. The lowest BCUT2D eigenvalue weighted by Gasteiger charge is -2.54. The number of hydrogen-bond acceptors (Lipinski definition) is 5. The smallest absolute Gasteiger partial charge is 0.251 e. The van der Waals surface area contributed by atoms with Crippen molar-refractivity contribution < 1.29 is 19.5 Å². The van der Waals surface area contributed by atoms with Crippen molar-refractivity contribution in [2.24, 2.45) is 17.1 Å². The summed E-state index contributed by atoms with van der Waals surface area (Å²) in [5.41, 5.74) is 3.95. The van der Waals surface area contributed by atoms with Crippen LogP contribution in [0.15, 0.2) is 30.3 Å². The van der Waals surface area contributed by atoms with Crippen molar-refractivity contribution >= 4 is 17.7 Å². The van der Waals surface area contributed by atoms with Gasteiger partial charge in [0.05, 0.1) is 30.2 Å². The molecular formula is C22H28N4O4. The quantitative estimate of drug-likeness (QED) is 0.696. The average Bonchev–Trinajstić information content (AvgIpc) is 2.98. The summed E-state index contributed by atoms with van der Waals surface area (Å²) < 4.78 is 0. The number of amides is 3. The maximum atomic E-state index is 13.5. The van der Waals surface area contributed by atoms with Crippen molar-refractivity contribution in [3.63, 3.8) is 0 Å². The molecule has 160 valence electrons. The van der Waals surface area contributed by atoms with Crippen LogP contribution < -0.4 is 5.73 Å². The molecule has 0 radical (unpaired) electrons. The van der Waals surface area contributed by atoms with E-state index in [1.165, 1.54) is 11.8 Å². The fourth-order valence-electron chi connectivity index (χ4n) is 4.98. The predicted octanol–water partition coefficient (Wildman–Crippen LogP) is 0.962. The van der Waals surface area contributed by atoms with Crippen LogP contribution in [0, 0.1) is 22.7 Å². The number of carbonyl (C=O) groups excluding carboxylic acids is 3. The first-order valence-corrected chi connectivity index (χ1v) is 10.1. The number of aliphatic hydroxyl groups excluding tert-OH is 1. The Hall–Kier alpha value is -2.92. The highest BCUT2D eigenvalue weighted by molar-refractivity contribution is 6.01. The van der Waals surface area contributed by atoms with Gasteiger partial charge in [-0.2, -0.15) is 5.26 Å². The van der Waals surface area contributed by atoms with E-state index >= 15 is 0 Å². The Morgan fingerprint density at radius 3 is 2.30 bits per heavy atom. The molecule has 0 bridgehead atoms. The van der Waals surface area contributed by atoms with E-state index < -0.39 is 41.0 Å². The Kier molecular flexibility index (Phi) is 5.37. The van der Waals surface area contributed by atoms with E-state index in [9.17, 15) is 24.8 Å². The fraction of sp³-hybridized carbons (Fsp3) is 0.545. The van der Waals surface area contributed by atoms with Crippen LogP contribution in [0.5, 0.6) is 0 Å². The van der Waals surface area contributed by atoms with Gasteiger partial charge in [0.1, 0.15) is 11.6 Å². The van der Waals surface area contributed by atoms with Crippen LogP contribution >= 0.6 is 0 Å². The third-order valence-electron chi connectivity index (χ3n) is 6.26. The van der Waals surface area contributed by atoms with E-state index in [1.54, 1.807) is 25.7 Å². The van der Waals surface area contributed by atoms with Gasteiger partial charge in [-0.1, -0.05) is 44.2 Å². The molecular weight excluding hydrogens is 384 g/mol. The number of nitrogens with two attached hydrogens (primary N) is 1. The molecule has 0 aliphatic carbocycles. The van der Waals surface area contributed by atoms with Gasteiger partial charge in [-0.15, -0.1) is 0 Å². The number of benzene rings is 1. The highest BCUT2D eigenvalue weighted by Crippen LogP contribution is 2.58. The molecule has 3 rings (SSSR count). The number of carbonyl (C=O) groups is 3. The molecule has 2 aliphatic heterocycles. The van der Waals surface area contributed by atoms with E-state index in [-0.39, 0.29) is 24.8 Å². The van der Waals surface area contributed by atoms with Crippen molar-refractivity contribution in [3.8, 4) is 6.07 Å². The summed E-state index contributed by atoms with van der Waals surface area (Å²) in [6, 6.07) is 9.77. The Balaban J connectivity index is 2.11. The van der Waals surface area contributed by atoms with Gasteiger partial charge in [0.25, 0.3) is 5.91 Å². The second-order valence-corrected chi connectivity index (χ2v) is 8.93. The number of β-lactam (4-membered cyclic amide) rings is 1. The van der Waals surface area contributed by atoms with Crippen LogP contribution in [0.3, 0.4) is 0 Å². The largest absolute Gasteiger partial charge is 0.391 e. The van der Waals surface area contributed by atoms with Gasteiger partial charge in [-0.3, -0.25) is 14.4 Å². The molecule has 2 saturated heterocycles. The van der Waals surface area contributed by atoms with Gasteiger partial charge < -0.3 is 20.6 Å². The number of primary amides is 1. The minimum Gasteiger partial charge on any atom is -0.391 e. The molecule has 8 heteroatoms. The van der Waals surface area contributed by atoms with Gasteiger partial charge in [-0.05, 0) is 19.4 Å². The summed E-state index contributed by atoms with van der Waals surface area (Å²) in [5, 5.41) is 20.0. The molecule has 2 fully saturated rings. The normalized spacial score (nSPS) is 30.2. The molecule has 8 nitrogen and oxygen atoms in total. The monoisotopic (exact) mass is 412 g/mol. The van der Waals surface area contributed by atoms with Crippen LogP contribution in [-0.2, 0) is 14.4 Å². The molecule has 3 amide bonds. The molecule has 2 aliphatic rings. The topological polar surface area (TPSA) is 128 Å².